The van der Waals surface area contributed by atoms with Crippen LogP contribution in [-0.2, 0) is 0 Å². The van der Waals surface area contributed by atoms with E-state index in [9.17, 15) is 10.1 Å². The number of nitro benzene ring substituents is 1. The second-order valence-electron chi connectivity index (χ2n) is 5.94. The zero-order chi connectivity index (χ0) is 15.1. The SMILES string of the molecule is CC1CCCC(CNCCOc2ccc([N+](=O)[O-])cc2)C1. The molecule has 0 aliphatic heterocycles. The van der Waals surface area contributed by atoms with E-state index in [-0.39, 0.29) is 5.69 Å². The maximum absolute atomic E-state index is 10.5. The Labute approximate surface area is 125 Å². The summed E-state index contributed by atoms with van der Waals surface area (Å²) in [5.74, 6) is 2.34. The summed E-state index contributed by atoms with van der Waals surface area (Å²) in [6, 6.07) is 6.21. The molecule has 1 fully saturated rings. The highest BCUT2D eigenvalue weighted by Gasteiger charge is 2.18. The Kier molecular flexibility index (Phi) is 5.99. The van der Waals surface area contributed by atoms with Gasteiger partial charge in [0.25, 0.3) is 5.69 Å². The molecule has 21 heavy (non-hydrogen) atoms. The fraction of sp³-hybridized carbons (Fsp3) is 0.625. The van der Waals surface area contributed by atoms with Crippen LogP contribution in [0.15, 0.2) is 24.3 Å². The van der Waals surface area contributed by atoms with Gasteiger partial charge in [0.1, 0.15) is 12.4 Å². The molecule has 1 aromatic rings. The first-order chi connectivity index (χ1) is 10.1. The van der Waals surface area contributed by atoms with Gasteiger partial charge in [-0.25, -0.2) is 0 Å². The van der Waals surface area contributed by atoms with E-state index in [2.05, 4.69) is 12.2 Å². The van der Waals surface area contributed by atoms with Gasteiger partial charge in [-0.2, -0.15) is 0 Å². The molecule has 2 atom stereocenters. The summed E-state index contributed by atoms with van der Waals surface area (Å²) in [5, 5.41) is 14.0. The first-order valence-electron chi connectivity index (χ1n) is 7.73. The van der Waals surface area contributed by atoms with E-state index < -0.39 is 4.92 Å². The molecule has 0 heterocycles. The molecule has 1 aliphatic carbocycles. The van der Waals surface area contributed by atoms with Gasteiger partial charge in [0.2, 0.25) is 0 Å². The molecule has 0 spiro atoms. The predicted molar refractivity (Wildman–Crippen MR) is 82.6 cm³/mol. The van der Waals surface area contributed by atoms with E-state index in [4.69, 9.17) is 4.74 Å². The second-order valence-corrected chi connectivity index (χ2v) is 5.94. The molecular formula is C16H24N2O3. The minimum atomic E-state index is -0.406. The highest BCUT2D eigenvalue weighted by molar-refractivity contribution is 5.35. The van der Waals surface area contributed by atoms with Crippen LogP contribution in [0.4, 0.5) is 5.69 Å². The van der Waals surface area contributed by atoms with Gasteiger partial charge in [0.05, 0.1) is 4.92 Å². The molecular weight excluding hydrogens is 268 g/mol. The van der Waals surface area contributed by atoms with Crippen LogP contribution < -0.4 is 10.1 Å². The molecule has 5 nitrogen and oxygen atoms in total. The number of hydrogen-bond acceptors (Lipinski definition) is 4. The molecule has 0 bridgehead atoms. The van der Waals surface area contributed by atoms with Gasteiger partial charge in [-0.15, -0.1) is 0 Å². The third kappa shape index (κ3) is 5.34. The maximum atomic E-state index is 10.5. The molecule has 116 valence electrons. The molecule has 2 rings (SSSR count). The van der Waals surface area contributed by atoms with Crippen LogP contribution >= 0.6 is 0 Å². The molecule has 1 aliphatic rings. The lowest BCUT2D eigenvalue weighted by Gasteiger charge is -2.26. The molecule has 0 saturated heterocycles. The third-order valence-electron chi connectivity index (χ3n) is 4.07. The Balaban J connectivity index is 1.60. The summed E-state index contributed by atoms with van der Waals surface area (Å²) in [7, 11) is 0. The average Bonchev–Trinajstić information content (AvgIpc) is 2.47. The molecule has 1 saturated carbocycles. The lowest BCUT2D eigenvalue weighted by molar-refractivity contribution is -0.384. The Morgan fingerprint density at radius 2 is 2.10 bits per heavy atom. The van der Waals surface area contributed by atoms with Crippen molar-refractivity contribution in [1.29, 1.82) is 0 Å². The Morgan fingerprint density at radius 1 is 1.33 bits per heavy atom. The lowest BCUT2D eigenvalue weighted by atomic mass is 9.82. The number of hydrogen-bond donors (Lipinski definition) is 1. The summed E-state index contributed by atoms with van der Waals surface area (Å²) in [6.07, 6.45) is 5.39. The van der Waals surface area contributed by atoms with E-state index in [1.54, 1.807) is 12.1 Å². The van der Waals surface area contributed by atoms with Crippen molar-refractivity contribution in [2.75, 3.05) is 19.7 Å². The predicted octanol–water partition coefficient (Wildman–Crippen LogP) is 3.39. The van der Waals surface area contributed by atoms with Crippen LogP contribution in [0.3, 0.4) is 0 Å². The number of benzene rings is 1. The summed E-state index contributed by atoms with van der Waals surface area (Å²) < 4.78 is 5.57. The van der Waals surface area contributed by atoms with Crippen molar-refractivity contribution in [3.05, 3.63) is 34.4 Å². The molecule has 1 aromatic carbocycles. The highest BCUT2D eigenvalue weighted by atomic mass is 16.6. The van der Waals surface area contributed by atoms with Crippen LogP contribution in [0.25, 0.3) is 0 Å². The monoisotopic (exact) mass is 292 g/mol. The number of nitrogens with zero attached hydrogens (tertiary/aromatic N) is 1. The minimum absolute atomic E-state index is 0.0897. The first kappa shape index (κ1) is 15.8. The van der Waals surface area contributed by atoms with Crippen molar-refractivity contribution in [3.8, 4) is 5.75 Å². The van der Waals surface area contributed by atoms with Crippen molar-refractivity contribution in [2.24, 2.45) is 11.8 Å². The van der Waals surface area contributed by atoms with Gasteiger partial charge in [0, 0.05) is 18.7 Å². The molecule has 0 aromatic heterocycles. The van der Waals surface area contributed by atoms with Crippen LogP contribution in [0, 0.1) is 22.0 Å². The maximum Gasteiger partial charge on any atom is 0.269 e. The van der Waals surface area contributed by atoms with Gasteiger partial charge >= 0.3 is 0 Å². The van der Waals surface area contributed by atoms with Crippen molar-refractivity contribution in [3.63, 3.8) is 0 Å². The summed E-state index contributed by atoms with van der Waals surface area (Å²) in [6.45, 7) is 4.79. The van der Waals surface area contributed by atoms with Gasteiger partial charge in [-0.3, -0.25) is 10.1 Å². The van der Waals surface area contributed by atoms with E-state index in [0.29, 0.717) is 12.4 Å². The van der Waals surface area contributed by atoms with Crippen LogP contribution in [0.2, 0.25) is 0 Å². The molecule has 0 radical (unpaired) electrons. The van der Waals surface area contributed by atoms with E-state index in [0.717, 1.165) is 24.9 Å². The highest BCUT2D eigenvalue weighted by Crippen LogP contribution is 2.27. The van der Waals surface area contributed by atoms with Crippen molar-refractivity contribution in [2.45, 2.75) is 32.6 Å². The topological polar surface area (TPSA) is 64.4 Å². The summed E-state index contributed by atoms with van der Waals surface area (Å²) in [5.41, 5.74) is 0.0897. The standard InChI is InChI=1S/C16H24N2O3/c1-13-3-2-4-14(11-13)12-17-9-10-21-16-7-5-15(6-8-16)18(19)20/h5-8,13-14,17H,2-4,9-12H2,1H3. The Morgan fingerprint density at radius 3 is 2.76 bits per heavy atom. The fourth-order valence-electron chi connectivity index (χ4n) is 2.96. The number of non-ortho nitro benzene ring substituents is 1. The van der Waals surface area contributed by atoms with E-state index in [1.165, 1.54) is 37.8 Å². The van der Waals surface area contributed by atoms with E-state index >= 15 is 0 Å². The summed E-state index contributed by atoms with van der Waals surface area (Å²) in [4.78, 5) is 10.1. The zero-order valence-electron chi connectivity index (χ0n) is 12.6. The fourth-order valence-corrected chi connectivity index (χ4v) is 2.96. The van der Waals surface area contributed by atoms with Crippen molar-refractivity contribution < 1.29 is 9.66 Å². The van der Waals surface area contributed by atoms with Gasteiger partial charge in [-0.1, -0.05) is 19.8 Å². The molecule has 1 N–H and O–H groups in total. The smallest absolute Gasteiger partial charge is 0.269 e. The minimum Gasteiger partial charge on any atom is -0.492 e. The molecule has 2 unspecified atom stereocenters. The Bertz CT molecular complexity index is 447. The number of nitrogens with one attached hydrogen (secondary N) is 1. The lowest BCUT2D eigenvalue weighted by Crippen LogP contribution is -2.29. The summed E-state index contributed by atoms with van der Waals surface area (Å²) >= 11 is 0. The van der Waals surface area contributed by atoms with Gasteiger partial charge in [0.15, 0.2) is 0 Å². The van der Waals surface area contributed by atoms with Gasteiger partial charge < -0.3 is 10.1 Å². The molecule has 5 heteroatoms. The number of ether oxygens (including phenoxy) is 1. The van der Waals surface area contributed by atoms with Gasteiger partial charge in [-0.05, 0) is 43.4 Å². The van der Waals surface area contributed by atoms with Crippen LogP contribution in [0.1, 0.15) is 32.6 Å². The largest absolute Gasteiger partial charge is 0.492 e. The van der Waals surface area contributed by atoms with Crippen LogP contribution in [0.5, 0.6) is 5.75 Å². The number of nitro groups is 1. The molecule has 0 amide bonds. The third-order valence-corrected chi connectivity index (χ3v) is 4.07. The first-order valence-corrected chi connectivity index (χ1v) is 7.73. The second kappa shape index (κ2) is 7.98. The quantitative estimate of drug-likeness (QED) is 0.475. The van der Waals surface area contributed by atoms with Crippen LogP contribution in [-0.4, -0.2) is 24.6 Å². The van der Waals surface area contributed by atoms with E-state index in [1.807, 2.05) is 0 Å². The van der Waals surface area contributed by atoms with Crippen molar-refractivity contribution in [1.82, 2.24) is 5.32 Å². The zero-order valence-corrected chi connectivity index (χ0v) is 12.6. The number of rotatable bonds is 7. The van der Waals surface area contributed by atoms with Crippen molar-refractivity contribution >= 4 is 5.69 Å². The average molecular weight is 292 g/mol. The Hall–Kier alpha value is -1.62. The normalized spacial score (nSPS) is 22.0.